The minimum absolute atomic E-state index is 0.0323. The largest absolute Gasteiger partial charge is 0.337 e. The summed E-state index contributed by atoms with van der Waals surface area (Å²) >= 11 is 1.73. The summed E-state index contributed by atoms with van der Waals surface area (Å²) in [6.45, 7) is 1.59. The highest BCUT2D eigenvalue weighted by Crippen LogP contribution is 2.35. The summed E-state index contributed by atoms with van der Waals surface area (Å²) in [5.74, 6) is 3.56. The van der Waals surface area contributed by atoms with Gasteiger partial charge in [0.2, 0.25) is 11.8 Å². The van der Waals surface area contributed by atoms with Gasteiger partial charge in [0.05, 0.1) is 5.88 Å². The van der Waals surface area contributed by atoms with Crippen molar-refractivity contribution in [1.29, 1.82) is 0 Å². The Morgan fingerprint density at radius 3 is 2.94 bits per heavy atom. The molecular formula is C12H17N3O2S. The first-order valence-corrected chi connectivity index (χ1v) is 7.59. The molecule has 1 saturated carbocycles. The topological polar surface area (TPSA) is 59.2 Å². The van der Waals surface area contributed by atoms with Crippen LogP contribution in [-0.2, 0) is 4.79 Å². The molecule has 1 aliphatic carbocycles. The number of carbonyl (C=O) groups excluding carboxylic acids is 1. The van der Waals surface area contributed by atoms with E-state index in [1.807, 2.05) is 0 Å². The van der Waals surface area contributed by atoms with Gasteiger partial charge in [0.25, 0.3) is 0 Å². The average molecular weight is 267 g/mol. The molecule has 0 N–H and O–H groups in total. The molecular weight excluding hydrogens is 250 g/mol. The normalized spacial score (nSPS) is 24.9. The Morgan fingerprint density at radius 1 is 1.44 bits per heavy atom. The van der Waals surface area contributed by atoms with Crippen molar-refractivity contribution < 1.29 is 9.32 Å². The van der Waals surface area contributed by atoms with E-state index in [9.17, 15) is 4.79 Å². The maximum Gasteiger partial charge on any atom is 0.250 e. The molecule has 0 spiro atoms. The molecule has 1 amide bonds. The Balaban J connectivity index is 1.78. The highest BCUT2D eigenvalue weighted by Gasteiger charge is 2.33. The van der Waals surface area contributed by atoms with Crippen LogP contribution in [0.15, 0.2) is 4.52 Å². The Hall–Kier alpha value is -1.04. The van der Waals surface area contributed by atoms with E-state index in [-0.39, 0.29) is 11.9 Å². The summed E-state index contributed by atoms with van der Waals surface area (Å²) in [5, 5.41) is 4.10. The molecule has 1 aromatic heterocycles. The van der Waals surface area contributed by atoms with E-state index in [1.54, 1.807) is 23.6 Å². The third-order valence-corrected chi connectivity index (χ3v) is 4.76. The Morgan fingerprint density at radius 2 is 2.22 bits per heavy atom. The zero-order chi connectivity index (χ0) is 12.5. The first kappa shape index (κ1) is 12.0. The van der Waals surface area contributed by atoms with Gasteiger partial charge in [-0.1, -0.05) is 18.0 Å². The van der Waals surface area contributed by atoms with Gasteiger partial charge in [0.1, 0.15) is 6.04 Å². The summed E-state index contributed by atoms with van der Waals surface area (Å²) < 4.78 is 5.37. The molecule has 2 fully saturated rings. The lowest BCUT2D eigenvalue weighted by Gasteiger charge is -2.18. The number of rotatable bonds is 2. The van der Waals surface area contributed by atoms with E-state index in [4.69, 9.17) is 4.52 Å². The molecule has 1 saturated heterocycles. The molecule has 1 aliphatic heterocycles. The second-order valence-corrected chi connectivity index (χ2v) is 5.98. The highest BCUT2D eigenvalue weighted by atomic mass is 32.2. The predicted octanol–water partition coefficient (Wildman–Crippen LogP) is 2.32. The van der Waals surface area contributed by atoms with Crippen LogP contribution in [0.25, 0.3) is 0 Å². The van der Waals surface area contributed by atoms with E-state index >= 15 is 0 Å². The first-order valence-electron chi connectivity index (χ1n) is 6.44. The lowest BCUT2D eigenvalue weighted by molar-refractivity contribution is -0.129. The van der Waals surface area contributed by atoms with E-state index in [1.165, 1.54) is 12.8 Å². The summed E-state index contributed by atoms with van der Waals surface area (Å²) in [6.07, 6.45) is 4.84. The van der Waals surface area contributed by atoms with Crippen LogP contribution < -0.4 is 0 Å². The fourth-order valence-corrected chi connectivity index (χ4v) is 3.90. The Bertz CT molecular complexity index is 442. The first-order chi connectivity index (χ1) is 8.75. The van der Waals surface area contributed by atoms with Crippen LogP contribution in [0.5, 0.6) is 0 Å². The molecule has 0 aromatic carbocycles. The van der Waals surface area contributed by atoms with Crippen molar-refractivity contribution in [1.82, 2.24) is 15.0 Å². The maximum absolute atomic E-state index is 11.5. The minimum Gasteiger partial charge on any atom is -0.337 e. The standard InChI is InChI=1S/C12H17N3O2S/c1-8(16)15-7-18-6-10(15)12-13-11(14-17-12)9-4-2-3-5-9/h9-10H,2-7H2,1H3. The van der Waals surface area contributed by atoms with E-state index in [0.717, 1.165) is 30.3 Å². The summed E-state index contributed by atoms with van der Waals surface area (Å²) in [6, 6.07) is -0.0323. The lowest BCUT2D eigenvalue weighted by Crippen LogP contribution is -2.28. The van der Waals surface area contributed by atoms with Gasteiger partial charge in [0.15, 0.2) is 5.82 Å². The van der Waals surface area contributed by atoms with Crippen LogP contribution in [0.2, 0.25) is 0 Å². The average Bonchev–Trinajstić information content (AvgIpc) is 3.10. The SMILES string of the molecule is CC(=O)N1CSCC1c1nc(C2CCCC2)no1. The number of hydrogen-bond acceptors (Lipinski definition) is 5. The monoisotopic (exact) mass is 267 g/mol. The molecule has 18 heavy (non-hydrogen) atoms. The summed E-state index contributed by atoms with van der Waals surface area (Å²) in [4.78, 5) is 17.8. The van der Waals surface area contributed by atoms with Crippen LogP contribution in [0.4, 0.5) is 0 Å². The van der Waals surface area contributed by atoms with Crippen LogP contribution in [0.1, 0.15) is 56.3 Å². The van der Waals surface area contributed by atoms with Gasteiger partial charge in [-0.15, -0.1) is 11.8 Å². The molecule has 5 nitrogen and oxygen atoms in total. The van der Waals surface area contributed by atoms with Crippen LogP contribution in [0.3, 0.4) is 0 Å². The molecule has 0 bridgehead atoms. The van der Waals surface area contributed by atoms with Crippen molar-refractivity contribution in [2.45, 2.75) is 44.6 Å². The van der Waals surface area contributed by atoms with Gasteiger partial charge in [-0.2, -0.15) is 4.98 Å². The second kappa shape index (κ2) is 4.91. The van der Waals surface area contributed by atoms with Crippen molar-refractivity contribution in [3.05, 3.63) is 11.7 Å². The van der Waals surface area contributed by atoms with Crippen LogP contribution >= 0.6 is 11.8 Å². The Labute approximate surface area is 110 Å². The van der Waals surface area contributed by atoms with Crippen molar-refractivity contribution >= 4 is 17.7 Å². The smallest absolute Gasteiger partial charge is 0.250 e. The van der Waals surface area contributed by atoms with E-state index in [0.29, 0.717) is 11.8 Å². The van der Waals surface area contributed by atoms with Gasteiger partial charge in [-0.25, -0.2) is 0 Å². The molecule has 1 aromatic rings. The van der Waals surface area contributed by atoms with Crippen molar-refractivity contribution in [2.24, 2.45) is 0 Å². The van der Waals surface area contributed by atoms with Crippen LogP contribution in [0, 0.1) is 0 Å². The number of nitrogens with zero attached hydrogens (tertiary/aromatic N) is 3. The van der Waals surface area contributed by atoms with Crippen molar-refractivity contribution in [3.8, 4) is 0 Å². The second-order valence-electron chi connectivity index (χ2n) is 4.98. The molecule has 1 unspecified atom stereocenters. The molecule has 2 heterocycles. The highest BCUT2D eigenvalue weighted by molar-refractivity contribution is 7.99. The van der Waals surface area contributed by atoms with E-state index in [2.05, 4.69) is 10.1 Å². The summed E-state index contributed by atoms with van der Waals surface area (Å²) in [5.41, 5.74) is 0. The third-order valence-electron chi connectivity index (χ3n) is 3.75. The van der Waals surface area contributed by atoms with Gasteiger partial charge >= 0.3 is 0 Å². The van der Waals surface area contributed by atoms with Crippen molar-refractivity contribution in [3.63, 3.8) is 0 Å². The minimum atomic E-state index is -0.0323. The number of aromatic nitrogens is 2. The zero-order valence-electron chi connectivity index (χ0n) is 10.5. The van der Waals surface area contributed by atoms with Gasteiger partial charge < -0.3 is 9.42 Å². The third kappa shape index (κ3) is 2.13. The molecule has 2 aliphatic rings. The molecule has 1 atom stereocenters. The number of hydrogen-bond donors (Lipinski definition) is 0. The molecule has 98 valence electrons. The van der Waals surface area contributed by atoms with E-state index < -0.39 is 0 Å². The number of carbonyl (C=O) groups is 1. The van der Waals surface area contributed by atoms with Crippen molar-refractivity contribution in [2.75, 3.05) is 11.6 Å². The molecule has 3 rings (SSSR count). The quantitative estimate of drug-likeness (QED) is 0.823. The number of thioether (sulfide) groups is 1. The van der Waals surface area contributed by atoms with Crippen LogP contribution in [-0.4, -0.2) is 32.6 Å². The predicted molar refractivity (Wildman–Crippen MR) is 68.1 cm³/mol. The Kier molecular flexibility index (Phi) is 3.28. The fraction of sp³-hybridized carbons (Fsp3) is 0.750. The van der Waals surface area contributed by atoms with Gasteiger partial charge in [-0.05, 0) is 12.8 Å². The summed E-state index contributed by atoms with van der Waals surface area (Å²) in [7, 11) is 0. The number of amides is 1. The zero-order valence-corrected chi connectivity index (χ0v) is 11.3. The van der Waals surface area contributed by atoms with Gasteiger partial charge in [-0.3, -0.25) is 4.79 Å². The van der Waals surface area contributed by atoms with Gasteiger partial charge in [0, 0.05) is 18.6 Å². The maximum atomic E-state index is 11.5. The molecule has 6 heteroatoms. The fourth-order valence-electron chi connectivity index (χ4n) is 2.69. The molecule has 0 radical (unpaired) electrons. The lowest BCUT2D eigenvalue weighted by atomic mass is 10.1.